The number of aromatic nitrogens is 2. The lowest BCUT2D eigenvalue weighted by Crippen LogP contribution is -2.36. The molecule has 160 valence electrons. The van der Waals surface area contributed by atoms with Crippen molar-refractivity contribution in [3.63, 3.8) is 0 Å². The molecular weight excluding hydrogens is 420 g/mol. The number of hydrogen-bond donors (Lipinski definition) is 1. The fraction of sp³-hybridized carbons (Fsp3) is 0.429. The molecular formula is C21H26N4O3S2. The maximum absolute atomic E-state index is 13.2. The lowest BCUT2D eigenvalue weighted by Gasteiger charge is -2.21. The van der Waals surface area contributed by atoms with Crippen molar-refractivity contribution >= 4 is 51.7 Å². The smallest absolute Gasteiger partial charge is 0.267 e. The third kappa shape index (κ3) is 4.74. The lowest BCUT2D eigenvalue weighted by atomic mass is 10.2. The second-order valence-corrected chi connectivity index (χ2v) is 8.57. The number of thioether (sulfide) groups is 1. The third-order valence-electron chi connectivity index (χ3n) is 4.86. The molecule has 0 aromatic carbocycles. The van der Waals surface area contributed by atoms with E-state index in [0.29, 0.717) is 46.0 Å². The zero-order valence-corrected chi connectivity index (χ0v) is 19.0. The van der Waals surface area contributed by atoms with Crippen LogP contribution < -0.4 is 10.9 Å². The maximum Gasteiger partial charge on any atom is 0.267 e. The Morgan fingerprint density at radius 2 is 2.13 bits per heavy atom. The predicted octanol–water partition coefficient (Wildman–Crippen LogP) is 3.53. The first-order valence-corrected chi connectivity index (χ1v) is 11.3. The van der Waals surface area contributed by atoms with E-state index in [-0.39, 0.29) is 17.5 Å². The van der Waals surface area contributed by atoms with Crippen LogP contribution in [0.1, 0.15) is 39.2 Å². The van der Waals surface area contributed by atoms with Crippen LogP contribution in [0.5, 0.6) is 0 Å². The molecule has 1 aliphatic rings. The van der Waals surface area contributed by atoms with E-state index in [1.807, 2.05) is 26.8 Å². The molecule has 0 unspecified atom stereocenters. The number of nitrogens with one attached hydrogen (secondary N) is 1. The number of carbonyl (C=O) groups excluding carboxylic acids is 1. The molecule has 1 saturated heterocycles. The van der Waals surface area contributed by atoms with Crippen LogP contribution in [0.4, 0.5) is 5.82 Å². The number of anilines is 1. The van der Waals surface area contributed by atoms with E-state index in [4.69, 9.17) is 17.0 Å². The van der Waals surface area contributed by atoms with Crippen molar-refractivity contribution in [2.75, 3.05) is 25.1 Å². The minimum atomic E-state index is -0.235. The quantitative estimate of drug-likeness (QED) is 0.359. The molecule has 7 nitrogen and oxygen atoms in total. The van der Waals surface area contributed by atoms with E-state index < -0.39 is 0 Å². The maximum atomic E-state index is 13.2. The van der Waals surface area contributed by atoms with Gasteiger partial charge >= 0.3 is 0 Å². The monoisotopic (exact) mass is 446 g/mol. The van der Waals surface area contributed by atoms with Crippen LogP contribution in [-0.2, 0) is 9.53 Å². The Morgan fingerprint density at radius 1 is 1.33 bits per heavy atom. The van der Waals surface area contributed by atoms with Gasteiger partial charge in [-0.25, -0.2) is 4.98 Å². The Hall–Kier alpha value is -2.23. The number of pyridine rings is 1. The summed E-state index contributed by atoms with van der Waals surface area (Å²) in [6, 6.07) is 5.39. The van der Waals surface area contributed by atoms with Gasteiger partial charge in [0.1, 0.15) is 15.8 Å². The minimum absolute atomic E-state index is 0.00962. The number of fused-ring (bicyclic) bond motifs is 1. The number of hydrogen-bond acceptors (Lipinski definition) is 7. The Bertz CT molecular complexity index is 1030. The highest BCUT2D eigenvalue weighted by Crippen LogP contribution is 2.34. The second kappa shape index (κ2) is 10.2. The first-order valence-electron chi connectivity index (χ1n) is 10.1. The van der Waals surface area contributed by atoms with Gasteiger partial charge in [0.05, 0.1) is 10.5 Å². The van der Waals surface area contributed by atoms with E-state index in [9.17, 15) is 9.59 Å². The Kier molecular flexibility index (Phi) is 7.63. The van der Waals surface area contributed by atoms with Crippen molar-refractivity contribution in [2.45, 2.75) is 39.7 Å². The van der Waals surface area contributed by atoms with Gasteiger partial charge in [-0.1, -0.05) is 37.0 Å². The minimum Gasteiger partial charge on any atom is -0.382 e. The number of amides is 1. The Morgan fingerprint density at radius 3 is 2.87 bits per heavy atom. The van der Waals surface area contributed by atoms with E-state index in [0.717, 1.165) is 12.8 Å². The molecule has 0 bridgehead atoms. The van der Waals surface area contributed by atoms with E-state index in [1.54, 1.807) is 29.3 Å². The summed E-state index contributed by atoms with van der Waals surface area (Å²) in [5.41, 5.74) is 0.653. The van der Waals surface area contributed by atoms with Crippen molar-refractivity contribution in [1.82, 2.24) is 14.3 Å². The highest BCUT2D eigenvalue weighted by Gasteiger charge is 2.35. The number of rotatable bonds is 9. The van der Waals surface area contributed by atoms with Gasteiger partial charge in [-0.15, -0.1) is 0 Å². The van der Waals surface area contributed by atoms with Crippen LogP contribution in [0, 0.1) is 0 Å². The van der Waals surface area contributed by atoms with Crippen LogP contribution in [0.25, 0.3) is 11.7 Å². The SMILES string of the molecule is CCOCCCNc1nc2ccccn2c(=O)c1/C=C1\SC(=S)N([C@H](C)CC)C1=O. The van der Waals surface area contributed by atoms with E-state index in [1.165, 1.54) is 16.2 Å². The van der Waals surface area contributed by atoms with Gasteiger partial charge in [-0.2, -0.15) is 0 Å². The highest BCUT2D eigenvalue weighted by atomic mass is 32.2. The first-order chi connectivity index (χ1) is 14.5. The molecule has 0 saturated carbocycles. The topological polar surface area (TPSA) is 75.9 Å². The normalized spacial score (nSPS) is 16.6. The molecule has 1 atom stereocenters. The van der Waals surface area contributed by atoms with Gasteiger partial charge in [0.2, 0.25) is 0 Å². The fourth-order valence-electron chi connectivity index (χ4n) is 3.07. The van der Waals surface area contributed by atoms with Gasteiger partial charge in [-0.05, 0) is 44.9 Å². The molecule has 0 radical (unpaired) electrons. The number of carbonyl (C=O) groups is 1. The van der Waals surface area contributed by atoms with Crippen molar-refractivity contribution in [3.05, 3.63) is 45.2 Å². The van der Waals surface area contributed by atoms with Gasteiger partial charge < -0.3 is 10.1 Å². The highest BCUT2D eigenvalue weighted by molar-refractivity contribution is 8.26. The van der Waals surface area contributed by atoms with Crippen molar-refractivity contribution < 1.29 is 9.53 Å². The molecule has 1 fully saturated rings. The molecule has 1 aliphatic heterocycles. The van der Waals surface area contributed by atoms with Crippen molar-refractivity contribution in [2.24, 2.45) is 0 Å². The second-order valence-electron chi connectivity index (χ2n) is 6.89. The van der Waals surface area contributed by atoms with Crippen LogP contribution in [-0.4, -0.2) is 50.3 Å². The van der Waals surface area contributed by atoms with Crippen molar-refractivity contribution in [1.29, 1.82) is 0 Å². The average Bonchev–Trinajstić information content (AvgIpc) is 3.02. The molecule has 30 heavy (non-hydrogen) atoms. The fourth-order valence-corrected chi connectivity index (χ4v) is 4.51. The van der Waals surface area contributed by atoms with Crippen LogP contribution >= 0.6 is 24.0 Å². The average molecular weight is 447 g/mol. The molecule has 3 heterocycles. The predicted molar refractivity (Wildman–Crippen MR) is 126 cm³/mol. The van der Waals surface area contributed by atoms with E-state index in [2.05, 4.69) is 10.3 Å². The van der Waals surface area contributed by atoms with E-state index >= 15 is 0 Å². The summed E-state index contributed by atoms with van der Waals surface area (Å²) in [5, 5.41) is 3.23. The van der Waals surface area contributed by atoms with Crippen LogP contribution in [0.2, 0.25) is 0 Å². The standard InChI is InChI=1S/C21H26N4O3S2/c1-4-14(3)25-20(27)16(30-21(25)29)13-15-18(22-10-8-12-28-5-2)23-17-9-6-7-11-24(17)19(15)26/h6-7,9,11,13-14,22H,4-5,8,10,12H2,1-3H3/b16-13-/t14-/m1/s1. The zero-order valence-electron chi connectivity index (χ0n) is 17.4. The molecule has 1 amide bonds. The lowest BCUT2D eigenvalue weighted by molar-refractivity contribution is -0.123. The molecule has 0 spiro atoms. The molecule has 2 aromatic heterocycles. The summed E-state index contributed by atoms with van der Waals surface area (Å²) < 4.78 is 7.36. The van der Waals surface area contributed by atoms with Gasteiger partial charge in [0.25, 0.3) is 11.5 Å². The number of nitrogens with zero attached hydrogens (tertiary/aromatic N) is 3. The zero-order chi connectivity index (χ0) is 21.7. The van der Waals surface area contributed by atoms with Crippen LogP contribution in [0.3, 0.4) is 0 Å². The largest absolute Gasteiger partial charge is 0.382 e. The molecule has 0 aliphatic carbocycles. The molecule has 3 rings (SSSR count). The summed E-state index contributed by atoms with van der Waals surface area (Å²) in [7, 11) is 0. The summed E-state index contributed by atoms with van der Waals surface area (Å²) in [6.07, 6.45) is 4.86. The Labute approximate surface area is 185 Å². The molecule has 2 aromatic rings. The van der Waals surface area contributed by atoms with Crippen molar-refractivity contribution in [3.8, 4) is 0 Å². The first kappa shape index (κ1) is 22.5. The number of ether oxygens (including phenoxy) is 1. The van der Waals surface area contributed by atoms with Gasteiger partial charge in [-0.3, -0.25) is 18.9 Å². The summed E-state index contributed by atoms with van der Waals surface area (Å²) in [5.74, 6) is 0.288. The molecule has 1 N–H and O–H groups in total. The number of thiocarbonyl (C=S) groups is 1. The third-order valence-corrected chi connectivity index (χ3v) is 6.19. The van der Waals surface area contributed by atoms with Crippen LogP contribution in [0.15, 0.2) is 34.1 Å². The summed E-state index contributed by atoms with van der Waals surface area (Å²) in [4.78, 5) is 32.8. The Balaban J connectivity index is 1.99. The summed E-state index contributed by atoms with van der Waals surface area (Å²) >= 11 is 6.63. The van der Waals surface area contributed by atoms with Gasteiger partial charge in [0.15, 0.2) is 0 Å². The summed E-state index contributed by atoms with van der Waals surface area (Å²) in [6.45, 7) is 7.82. The molecule has 9 heteroatoms. The van der Waals surface area contributed by atoms with Gasteiger partial charge in [0, 0.05) is 32.0 Å².